The Bertz CT molecular complexity index is 747. The van der Waals surface area contributed by atoms with Crippen LogP contribution in [-0.2, 0) is 12.8 Å². The second kappa shape index (κ2) is 10.1. The summed E-state index contributed by atoms with van der Waals surface area (Å²) in [5.74, 6) is 4.48. The molecule has 0 amide bonds. The molecule has 154 valence electrons. The first kappa shape index (κ1) is 21.7. The van der Waals surface area contributed by atoms with Crippen LogP contribution in [0.3, 0.4) is 0 Å². The number of methoxy groups -OCH3 is 5. The van der Waals surface area contributed by atoms with Crippen LogP contribution in [0.4, 0.5) is 0 Å². The summed E-state index contributed by atoms with van der Waals surface area (Å²) in [6, 6.07) is 10.2. The number of ether oxygens (including phenoxy) is 5. The average Bonchev–Trinajstić information content (AvgIpc) is 2.72. The van der Waals surface area contributed by atoms with Gasteiger partial charge in [-0.1, -0.05) is 19.9 Å². The van der Waals surface area contributed by atoms with E-state index in [0.717, 1.165) is 24.3 Å². The third-order valence-electron chi connectivity index (χ3n) is 5.26. The summed E-state index contributed by atoms with van der Waals surface area (Å²) >= 11 is 0. The Morgan fingerprint density at radius 2 is 1.04 bits per heavy atom. The van der Waals surface area contributed by atoms with Crippen molar-refractivity contribution in [3.8, 4) is 28.7 Å². The molecule has 2 rings (SSSR count). The molecule has 5 nitrogen and oxygen atoms in total. The van der Waals surface area contributed by atoms with Gasteiger partial charge in [-0.2, -0.15) is 0 Å². The van der Waals surface area contributed by atoms with E-state index in [1.54, 1.807) is 35.5 Å². The SMILES string of the molecule is COc1ccc(C[C@@H](C)[C@H](C)Cc2cc(OC)c(OC)c(OC)c2)cc1OC. The van der Waals surface area contributed by atoms with Crippen molar-refractivity contribution in [1.82, 2.24) is 0 Å². The molecular weight excluding hydrogens is 356 g/mol. The van der Waals surface area contributed by atoms with Crippen molar-refractivity contribution in [2.24, 2.45) is 11.8 Å². The van der Waals surface area contributed by atoms with Crippen LogP contribution in [0.5, 0.6) is 28.7 Å². The number of hydrogen-bond donors (Lipinski definition) is 0. The highest BCUT2D eigenvalue weighted by molar-refractivity contribution is 5.54. The van der Waals surface area contributed by atoms with Gasteiger partial charge in [-0.05, 0) is 60.1 Å². The standard InChI is InChI=1S/C23H32O5/c1-15(10-17-8-9-19(24-3)20(12-17)25-4)16(2)11-18-13-21(26-5)23(28-7)22(14-18)27-6/h8-9,12-16H,10-11H2,1-7H3/t15-,16-/m1/s1. The lowest BCUT2D eigenvalue weighted by Crippen LogP contribution is -2.14. The molecule has 28 heavy (non-hydrogen) atoms. The summed E-state index contributed by atoms with van der Waals surface area (Å²) < 4.78 is 27.1. The smallest absolute Gasteiger partial charge is 0.203 e. The largest absolute Gasteiger partial charge is 0.493 e. The van der Waals surface area contributed by atoms with Gasteiger partial charge < -0.3 is 23.7 Å². The highest BCUT2D eigenvalue weighted by Gasteiger charge is 2.18. The Morgan fingerprint density at radius 1 is 0.571 bits per heavy atom. The van der Waals surface area contributed by atoms with E-state index in [-0.39, 0.29) is 0 Å². The summed E-state index contributed by atoms with van der Waals surface area (Å²) in [5.41, 5.74) is 2.41. The van der Waals surface area contributed by atoms with Gasteiger partial charge in [0.1, 0.15) is 0 Å². The Kier molecular flexibility index (Phi) is 7.85. The summed E-state index contributed by atoms with van der Waals surface area (Å²) in [4.78, 5) is 0. The van der Waals surface area contributed by atoms with Crippen LogP contribution >= 0.6 is 0 Å². The minimum atomic E-state index is 0.468. The highest BCUT2D eigenvalue weighted by Crippen LogP contribution is 2.39. The van der Waals surface area contributed by atoms with Gasteiger partial charge >= 0.3 is 0 Å². The van der Waals surface area contributed by atoms with E-state index >= 15 is 0 Å². The van der Waals surface area contributed by atoms with Crippen molar-refractivity contribution in [3.63, 3.8) is 0 Å². The van der Waals surface area contributed by atoms with E-state index in [2.05, 4.69) is 26.0 Å². The molecule has 2 aromatic rings. The molecule has 0 aromatic heterocycles. The molecule has 0 bridgehead atoms. The maximum absolute atomic E-state index is 5.47. The third kappa shape index (κ3) is 5.03. The molecule has 0 aliphatic carbocycles. The number of benzene rings is 2. The van der Waals surface area contributed by atoms with Crippen molar-refractivity contribution in [3.05, 3.63) is 41.5 Å². The van der Waals surface area contributed by atoms with Crippen LogP contribution in [0.25, 0.3) is 0 Å². The molecule has 0 fully saturated rings. The Hall–Kier alpha value is -2.56. The lowest BCUT2D eigenvalue weighted by molar-refractivity contribution is 0.322. The molecule has 0 spiro atoms. The fourth-order valence-corrected chi connectivity index (χ4v) is 3.41. The first-order valence-electron chi connectivity index (χ1n) is 9.47. The fourth-order valence-electron chi connectivity index (χ4n) is 3.41. The van der Waals surface area contributed by atoms with Gasteiger partial charge in [-0.3, -0.25) is 0 Å². The van der Waals surface area contributed by atoms with Crippen LogP contribution in [0.15, 0.2) is 30.3 Å². The predicted molar refractivity (Wildman–Crippen MR) is 111 cm³/mol. The Labute approximate surface area is 168 Å². The van der Waals surface area contributed by atoms with Crippen LogP contribution in [0.1, 0.15) is 25.0 Å². The predicted octanol–water partition coefficient (Wildman–Crippen LogP) is 4.79. The van der Waals surface area contributed by atoms with E-state index in [9.17, 15) is 0 Å². The maximum Gasteiger partial charge on any atom is 0.203 e. The van der Waals surface area contributed by atoms with Crippen molar-refractivity contribution >= 4 is 0 Å². The Balaban J connectivity index is 2.13. The summed E-state index contributed by atoms with van der Waals surface area (Å²) in [6.07, 6.45) is 1.89. The first-order valence-corrected chi connectivity index (χ1v) is 9.47. The van der Waals surface area contributed by atoms with Crippen LogP contribution in [0.2, 0.25) is 0 Å². The molecule has 0 N–H and O–H groups in total. The fraction of sp³-hybridized carbons (Fsp3) is 0.478. The summed E-state index contributed by atoms with van der Waals surface area (Å²) in [7, 11) is 8.22. The molecule has 0 aliphatic rings. The van der Waals surface area contributed by atoms with Gasteiger partial charge in [0.05, 0.1) is 35.5 Å². The van der Waals surface area contributed by atoms with E-state index < -0.39 is 0 Å². The summed E-state index contributed by atoms with van der Waals surface area (Å²) in [6.45, 7) is 4.55. The normalized spacial score (nSPS) is 12.8. The van der Waals surface area contributed by atoms with E-state index in [0.29, 0.717) is 29.1 Å². The monoisotopic (exact) mass is 388 g/mol. The van der Waals surface area contributed by atoms with E-state index in [1.807, 2.05) is 18.2 Å². The van der Waals surface area contributed by atoms with E-state index in [1.165, 1.54) is 11.1 Å². The quantitative estimate of drug-likeness (QED) is 0.586. The van der Waals surface area contributed by atoms with Gasteiger partial charge in [0, 0.05) is 0 Å². The molecule has 0 radical (unpaired) electrons. The second-order valence-corrected chi connectivity index (χ2v) is 7.09. The lowest BCUT2D eigenvalue weighted by atomic mass is 9.85. The molecule has 0 saturated carbocycles. The maximum atomic E-state index is 5.47. The zero-order valence-electron chi connectivity index (χ0n) is 18.0. The first-order chi connectivity index (χ1) is 13.5. The zero-order valence-corrected chi connectivity index (χ0v) is 18.0. The number of rotatable bonds is 10. The molecular formula is C23H32O5. The minimum Gasteiger partial charge on any atom is -0.493 e. The molecule has 0 heterocycles. The molecule has 0 aliphatic heterocycles. The van der Waals surface area contributed by atoms with Crippen molar-refractivity contribution < 1.29 is 23.7 Å². The van der Waals surface area contributed by atoms with Gasteiger partial charge in [0.15, 0.2) is 23.0 Å². The molecule has 0 unspecified atom stereocenters. The molecule has 5 heteroatoms. The van der Waals surface area contributed by atoms with Crippen molar-refractivity contribution in [1.29, 1.82) is 0 Å². The van der Waals surface area contributed by atoms with E-state index in [4.69, 9.17) is 23.7 Å². The van der Waals surface area contributed by atoms with Gasteiger partial charge in [-0.25, -0.2) is 0 Å². The van der Waals surface area contributed by atoms with Gasteiger partial charge in [0.25, 0.3) is 0 Å². The van der Waals surface area contributed by atoms with Crippen molar-refractivity contribution in [2.75, 3.05) is 35.5 Å². The van der Waals surface area contributed by atoms with Crippen molar-refractivity contribution in [2.45, 2.75) is 26.7 Å². The molecule has 2 aromatic carbocycles. The van der Waals surface area contributed by atoms with Crippen LogP contribution in [-0.4, -0.2) is 35.5 Å². The van der Waals surface area contributed by atoms with Gasteiger partial charge in [0.2, 0.25) is 5.75 Å². The second-order valence-electron chi connectivity index (χ2n) is 7.09. The molecule has 0 saturated heterocycles. The third-order valence-corrected chi connectivity index (χ3v) is 5.26. The van der Waals surface area contributed by atoms with Gasteiger partial charge in [-0.15, -0.1) is 0 Å². The lowest BCUT2D eigenvalue weighted by Gasteiger charge is -2.22. The highest BCUT2D eigenvalue weighted by atomic mass is 16.5. The molecule has 2 atom stereocenters. The average molecular weight is 389 g/mol. The number of hydrogen-bond acceptors (Lipinski definition) is 5. The topological polar surface area (TPSA) is 46.2 Å². The van der Waals surface area contributed by atoms with Crippen LogP contribution < -0.4 is 23.7 Å². The Morgan fingerprint density at radius 3 is 1.50 bits per heavy atom. The zero-order chi connectivity index (χ0) is 20.7. The summed E-state index contributed by atoms with van der Waals surface area (Å²) in [5, 5.41) is 0. The minimum absolute atomic E-state index is 0.468. The van der Waals surface area contributed by atoms with Crippen LogP contribution in [0, 0.1) is 11.8 Å².